The topological polar surface area (TPSA) is 79.9 Å². The molecule has 0 saturated carbocycles. The number of phenols is 1. The van der Waals surface area contributed by atoms with Crippen molar-refractivity contribution in [3.05, 3.63) is 41.0 Å². The summed E-state index contributed by atoms with van der Waals surface area (Å²) in [5.41, 5.74) is -0.671. The van der Waals surface area contributed by atoms with E-state index in [1.165, 1.54) is 56.6 Å². The Kier molecular flexibility index (Phi) is 6.73. The summed E-state index contributed by atoms with van der Waals surface area (Å²) in [6.45, 7) is 2.20. The monoisotopic (exact) mass is 332 g/mol. The van der Waals surface area contributed by atoms with Crippen LogP contribution in [0.25, 0.3) is 11.0 Å². The molecule has 0 aliphatic carbocycles. The van der Waals surface area contributed by atoms with Crippen molar-refractivity contribution in [3.8, 4) is 17.2 Å². The Labute approximate surface area is 141 Å². The smallest absolute Gasteiger partial charge is 0.383 e. The number of aromatic hydroxyl groups is 2. The fourth-order valence-electron chi connectivity index (χ4n) is 2.49. The van der Waals surface area contributed by atoms with E-state index < -0.39 is 5.63 Å². The second-order valence-corrected chi connectivity index (χ2v) is 5.79. The Morgan fingerprint density at radius 3 is 2.67 bits per heavy atom. The first-order valence-electron chi connectivity index (χ1n) is 8.44. The molecule has 1 aromatic heterocycles. The number of benzene rings is 1. The number of unbranched alkanes of at least 4 members (excludes halogenated alkanes) is 6. The lowest BCUT2D eigenvalue weighted by molar-refractivity contribution is 0.384. The molecule has 0 radical (unpaired) electrons. The average molecular weight is 332 g/mol. The van der Waals surface area contributed by atoms with Crippen molar-refractivity contribution in [3.63, 3.8) is 0 Å². The van der Waals surface area contributed by atoms with Crippen molar-refractivity contribution >= 4 is 11.0 Å². The van der Waals surface area contributed by atoms with E-state index in [1.54, 1.807) is 0 Å². The molecule has 5 heteroatoms. The molecule has 2 rings (SSSR count). The van der Waals surface area contributed by atoms with Gasteiger partial charge in [-0.05, 0) is 31.1 Å². The molecule has 0 bridgehead atoms. The number of phenolic OH excluding ortho intramolecular Hbond substituents is 1. The van der Waals surface area contributed by atoms with Gasteiger partial charge in [-0.2, -0.15) is 0 Å². The minimum Gasteiger partial charge on any atom is -0.508 e. The Bertz CT molecular complexity index is 745. The van der Waals surface area contributed by atoms with E-state index in [4.69, 9.17) is 9.15 Å². The molecule has 0 fully saturated rings. The standard InChI is InChI=1S/C19H24O5/c1-2-3-4-5-6-7-8-9-12-23-18-17(21)15-11-10-14(20)13-16(15)24-19(18)22/h9-13,20-21H,2-8H2,1H3. The average Bonchev–Trinajstić information content (AvgIpc) is 2.55. The zero-order valence-corrected chi connectivity index (χ0v) is 14.0. The van der Waals surface area contributed by atoms with Crippen LogP contribution in [0, 0.1) is 0 Å². The predicted octanol–water partition coefficient (Wildman–Crippen LogP) is 4.85. The quantitative estimate of drug-likeness (QED) is 0.390. The molecule has 2 aromatic rings. The molecule has 1 aromatic carbocycles. The maximum absolute atomic E-state index is 11.9. The largest absolute Gasteiger partial charge is 0.508 e. The number of fused-ring (bicyclic) bond motifs is 1. The number of ether oxygens (including phenoxy) is 1. The Balaban J connectivity index is 1.92. The molecule has 0 unspecified atom stereocenters. The summed E-state index contributed by atoms with van der Waals surface area (Å²) >= 11 is 0. The molecule has 0 atom stereocenters. The molecule has 0 aliphatic heterocycles. The molecule has 0 amide bonds. The summed E-state index contributed by atoms with van der Waals surface area (Å²) in [4.78, 5) is 11.9. The third-order valence-electron chi connectivity index (χ3n) is 3.83. The van der Waals surface area contributed by atoms with E-state index in [1.807, 2.05) is 6.08 Å². The highest BCUT2D eigenvalue weighted by molar-refractivity contribution is 5.86. The summed E-state index contributed by atoms with van der Waals surface area (Å²) in [5, 5.41) is 19.8. The van der Waals surface area contributed by atoms with Gasteiger partial charge in [-0.15, -0.1) is 0 Å². The highest BCUT2D eigenvalue weighted by atomic mass is 16.5. The van der Waals surface area contributed by atoms with Gasteiger partial charge >= 0.3 is 5.63 Å². The summed E-state index contributed by atoms with van der Waals surface area (Å²) < 4.78 is 10.3. The van der Waals surface area contributed by atoms with Crippen LogP contribution in [-0.4, -0.2) is 10.2 Å². The van der Waals surface area contributed by atoms with E-state index in [9.17, 15) is 15.0 Å². The van der Waals surface area contributed by atoms with Crippen LogP contribution in [0.4, 0.5) is 0 Å². The SMILES string of the molecule is CCCCCCCCC=COc1c(O)c2ccc(O)cc2oc1=O. The molecule has 0 spiro atoms. The molecule has 5 nitrogen and oxygen atoms in total. The van der Waals surface area contributed by atoms with Gasteiger partial charge in [0.25, 0.3) is 5.75 Å². The van der Waals surface area contributed by atoms with E-state index in [0.29, 0.717) is 5.39 Å². The zero-order valence-electron chi connectivity index (χ0n) is 14.0. The molecule has 1 heterocycles. The first kappa shape index (κ1) is 17.9. The van der Waals surface area contributed by atoms with Crippen LogP contribution < -0.4 is 10.4 Å². The second kappa shape index (κ2) is 9.01. The highest BCUT2D eigenvalue weighted by Crippen LogP contribution is 2.32. The fraction of sp³-hybridized carbons (Fsp3) is 0.421. The molecule has 0 saturated heterocycles. The van der Waals surface area contributed by atoms with Gasteiger partial charge in [0, 0.05) is 6.07 Å². The maximum atomic E-state index is 11.9. The van der Waals surface area contributed by atoms with Gasteiger partial charge in [0.2, 0.25) is 0 Å². The van der Waals surface area contributed by atoms with E-state index in [2.05, 4.69) is 6.92 Å². The van der Waals surface area contributed by atoms with Crippen molar-refractivity contribution < 1.29 is 19.4 Å². The first-order valence-corrected chi connectivity index (χ1v) is 8.44. The predicted molar refractivity (Wildman–Crippen MR) is 93.6 cm³/mol. The number of rotatable bonds is 9. The maximum Gasteiger partial charge on any atom is 0.383 e. The molecule has 130 valence electrons. The summed E-state index contributed by atoms with van der Waals surface area (Å²) in [7, 11) is 0. The minimum absolute atomic E-state index is 0.0439. The molecule has 2 N–H and O–H groups in total. The number of hydrogen-bond acceptors (Lipinski definition) is 5. The third-order valence-corrected chi connectivity index (χ3v) is 3.83. The normalized spacial score (nSPS) is 11.4. The Morgan fingerprint density at radius 1 is 1.12 bits per heavy atom. The van der Waals surface area contributed by atoms with Crippen molar-refractivity contribution in [1.29, 1.82) is 0 Å². The fourth-order valence-corrected chi connectivity index (χ4v) is 2.49. The van der Waals surface area contributed by atoms with E-state index in [0.717, 1.165) is 12.8 Å². The lowest BCUT2D eigenvalue weighted by Gasteiger charge is -2.05. The summed E-state index contributed by atoms with van der Waals surface area (Å²) in [6, 6.07) is 4.14. The molecular formula is C19H24O5. The van der Waals surface area contributed by atoms with Gasteiger partial charge in [0.1, 0.15) is 11.3 Å². The molecule has 24 heavy (non-hydrogen) atoms. The van der Waals surface area contributed by atoms with Gasteiger partial charge in [-0.25, -0.2) is 4.79 Å². The summed E-state index contributed by atoms with van der Waals surface area (Å²) in [5.74, 6) is -0.574. The summed E-state index contributed by atoms with van der Waals surface area (Å²) in [6.07, 6.45) is 11.4. The van der Waals surface area contributed by atoms with Crippen LogP contribution in [0.5, 0.6) is 17.2 Å². The zero-order chi connectivity index (χ0) is 17.4. The van der Waals surface area contributed by atoms with Gasteiger partial charge in [-0.1, -0.05) is 39.0 Å². The van der Waals surface area contributed by atoms with Crippen LogP contribution >= 0.6 is 0 Å². The van der Waals surface area contributed by atoms with Crippen LogP contribution in [-0.2, 0) is 0 Å². The van der Waals surface area contributed by atoms with Crippen molar-refractivity contribution in [2.75, 3.05) is 0 Å². The van der Waals surface area contributed by atoms with Gasteiger partial charge in [-0.3, -0.25) is 0 Å². The third kappa shape index (κ3) is 4.78. The lowest BCUT2D eigenvalue weighted by Crippen LogP contribution is -2.03. The van der Waals surface area contributed by atoms with E-state index >= 15 is 0 Å². The van der Waals surface area contributed by atoms with Crippen molar-refractivity contribution in [2.24, 2.45) is 0 Å². The Hall–Kier alpha value is -2.43. The van der Waals surface area contributed by atoms with Crippen LogP contribution in [0.1, 0.15) is 51.9 Å². The van der Waals surface area contributed by atoms with Gasteiger partial charge < -0.3 is 19.4 Å². The van der Waals surface area contributed by atoms with Gasteiger partial charge in [0.15, 0.2) is 5.75 Å². The van der Waals surface area contributed by atoms with E-state index in [-0.39, 0.29) is 22.8 Å². The van der Waals surface area contributed by atoms with Crippen LogP contribution in [0.3, 0.4) is 0 Å². The molecule has 0 aliphatic rings. The first-order chi connectivity index (χ1) is 11.6. The second-order valence-electron chi connectivity index (χ2n) is 5.79. The Morgan fingerprint density at radius 2 is 1.88 bits per heavy atom. The minimum atomic E-state index is -0.783. The van der Waals surface area contributed by atoms with Crippen LogP contribution in [0.2, 0.25) is 0 Å². The molecular weight excluding hydrogens is 308 g/mol. The number of allylic oxidation sites excluding steroid dienone is 1. The van der Waals surface area contributed by atoms with Crippen molar-refractivity contribution in [2.45, 2.75) is 51.9 Å². The lowest BCUT2D eigenvalue weighted by atomic mass is 10.1. The highest BCUT2D eigenvalue weighted by Gasteiger charge is 2.15. The van der Waals surface area contributed by atoms with Crippen molar-refractivity contribution in [1.82, 2.24) is 0 Å². The van der Waals surface area contributed by atoms with Crippen LogP contribution in [0.15, 0.2) is 39.7 Å². The number of hydrogen-bond donors (Lipinski definition) is 2. The van der Waals surface area contributed by atoms with Gasteiger partial charge in [0.05, 0.1) is 11.6 Å².